The fourth-order valence-electron chi connectivity index (χ4n) is 1.64. The van der Waals surface area contributed by atoms with Crippen molar-refractivity contribution < 1.29 is 9.90 Å². The minimum Gasteiger partial charge on any atom is -0.508 e. The standard InChI is InChI=1S/C15H14N2O2/c1-11(17-13-3-2-4-14(18)10-13)9-15(19)12-5-7-16-8-6-12/h2-10,17-18H,1H3. The van der Waals surface area contributed by atoms with Crippen molar-refractivity contribution in [3.05, 3.63) is 66.1 Å². The average molecular weight is 254 g/mol. The Balaban J connectivity index is 2.09. The lowest BCUT2D eigenvalue weighted by atomic mass is 10.1. The Hall–Kier alpha value is -2.62. The Morgan fingerprint density at radius 1 is 1.26 bits per heavy atom. The highest BCUT2D eigenvalue weighted by molar-refractivity contribution is 6.04. The van der Waals surface area contributed by atoms with Gasteiger partial charge in [-0.25, -0.2) is 0 Å². The van der Waals surface area contributed by atoms with E-state index in [0.717, 1.165) is 5.69 Å². The van der Waals surface area contributed by atoms with Gasteiger partial charge in [0, 0.05) is 41.5 Å². The van der Waals surface area contributed by atoms with E-state index in [1.54, 1.807) is 49.6 Å². The van der Waals surface area contributed by atoms with Crippen molar-refractivity contribution >= 4 is 11.5 Å². The van der Waals surface area contributed by atoms with Crippen LogP contribution in [0.5, 0.6) is 5.75 Å². The Bertz CT molecular complexity index is 607. The van der Waals surface area contributed by atoms with Crippen LogP contribution in [0.3, 0.4) is 0 Å². The number of pyridine rings is 1. The van der Waals surface area contributed by atoms with E-state index in [4.69, 9.17) is 0 Å². The third-order valence-electron chi connectivity index (χ3n) is 2.50. The zero-order valence-electron chi connectivity index (χ0n) is 10.5. The van der Waals surface area contributed by atoms with Gasteiger partial charge in [0.25, 0.3) is 0 Å². The van der Waals surface area contributed by atoms with Gasteiger partial charge in [0.15, 0.2) is 5.78 Å². The van der Waals surface area contributed by atoms with Gasteiger partial charge in [0.1, 0.15) is 5.75 Å². The molecule has 0 radical (unpaired) electrons. The van der Waals surface area contributed by atoms with Crippen LogP contribution in [0.4, 0.5) is 5.69 Å². The zero-order valence-corrected chi connectivity index (χ0v) is 10.5. The molecule has 2 aromatic rings. The number of nitrogens with one attached hydrogen (secondary N) is 1. The minimum absolute atomic E-state index is 0.0902. The highest BCUT2D eigenvalue weighted by Crippen LogP contribution is 2.17. The summed E-state index contributed by atoms with van der Waals surface area (Å²) >= 11 is 0. The second-order valence-electron chi connectivity index (χ2n) is 4.10. The Morgan fingerprint density at radius 2 is 2.00 bits per heavy atom. The van der Waals surface area contributed by atoms with Crippen molar-refractivity contribution in [3.8, 4) is 5.75 Å². The first-order valence-electron chi connectivity index (χ1n) is 5.84. The van der Waals surface area contributed by atoms with Crippen molar-refractivity contribution in [2.75, 3.05) is 5.32 Å². The van der Waals surface area contributed by atoms with E-state index in [-0.39, 0.29) is 11.5 Å². The SMILES string of the molecule is CC(=CC(=O)c1ccncc1)Nc1cccc(O)c1. The molecule has 0 aliphatic heterocycles. The van der Waals surface area contributed by atoms with Crippen LogP contribution in [0.1, 0.15) is 17.3 Å². The Labute approximate surface area is 111 Å². The van der Waals surface area contributed by atoms with Gasteiger partial charge in [-0.05, 0) is 31.2 Å². The number of allylic oxidation sites excluding steroid dienone is 2. The van der Waals surface area contributed by atoms with Crippen molar-refractivity contribution in [2.24, 2.45) is 0 Å². The molecular weight excluding hydrogens is 240 g/mol. The van der Waals surface area contributed by atoms with Crippen molar-refractivity contribution in [1.29, 1.82) is 0 Å². The van der Waals surface area contributed by atoms with E-state index >= 15 is 0 Å². The van der Waals surface area contributed by atoms with Crippen LogP contribution in [0, 0.1) is 0 Å². The number of ketones is 1. The van der Waals surface area contributed by atoms with Gasteiger partial charge in [0.05, 0.1) is 0 Å². The maximum absolute atomic E-state index is 11.9. The topological polar surface area (TPSA) is 62.2 Å². The quantitative estimate of drug-likeness (QED) is 0.650. The molecule has 0 aliphatic carbocycles. The largest absolute Gasteiger partial charge is 0.508 e. The van der Waals surface area contributed by atoms with Gasteiger partial charge < -0.3 is 10.4 Å². The Kier molecular flexibility index (Phi) is 3.93. The number of nitrogens with zero attached hydrogens (tertiary/aromatic N) is 1. The third-order valence-corrected chi connectivity index (χ3v) is 2.50. The number of anilines is 1. The molecule has 1 aromatic heterocycles. The van der Waals surface area contributed by atoms with Gasteiger partial charge >= 0.3 is 0 Å². The van der Waals surface area contributed by atoms with Gasteiger partial charge in [-0.2, -0.15) is 0 Å². The first-order valence-corrected chi connectivity index (χ1v) is 5.84. The number of aromatic hydroxyl groups is 1. The van der Waals surface area contributed by atoms with Crippen LogP contribution < -0.4 is 5.32 Å². The number of benzene rings is 1. The number of carbonyl (C=O) groups is 1. The molecule has 0 spiro atoms. The predicted octanol–water partition coefficient (Wildman–Crippen LogP) is 2.99. The van der Waals surface area contributed by atoms with Gasteiger partial charge in [-0.1, -0.05) is 6.07 Å². The summed E-state index contributed by atoms with van der Waals surface area (Å²) in [6.07, 6.45) is 4.68. The molecule has 96 valence electrons. The molecule has 4 nitrogen and oxygen atoms in total. The fourth-order valence-corrected chi connectivity index (χ4v) is 1.64. The molecule has 19 heavy (non-hydrogen) atoms. The summed E-state index contributed by atoms with van der Waals surface area (Å²) in [6, 6.07) is 10.1. The molecule has 0 amide bonds. The molecule has 0 atom stereocenters. The lowest BCUT2D eigenvalue weighted by Gasteiger charge is -2.06. The van der Waals surface area contributed by atoms with Crippen molar-refractivity contribution in [1.82, 2.24) is 4.98 Å². The Morgan fingerprint density at radius 3 is 2.68 bits per heavy atom. The molecule has 4 heteroatoms. The minimum atomic E-state index is -0.0902. The molecule has 0 saturated carbocycles. The molecule has 0 unspecified atom stereocenters. The van der Waals surface area contributed by atoms with Crippen molar-refractivity contribution in [3.63, 3.8) is 0 Å². The summed E-state index contributed by atoms with van der Waals surface area (Å²) in [5.41, 5.74) is 2.02. The van der Waals surface area contributed by atoms with Crippen LogP contribution in [-0.2, 0) is 0 Å². The van der Waals surface area contributed by atoms with Gasteiger partial charge in [0.2, 0.25) is 0 Å². The smallest absolute Gasteiger partial charge is 0.187 e. The normalized spacial score (nSPS) is 11.1. The monoisotopic (exact) mass is 254 g/mol. The first-order chi connectivity index (χ1) is 9.15. The molecule has 0 bridgehead atoms. The molecule has 0 saturated heterocycles. The molecule has 2 rings (SSSR count). The summed E-state index contributed by atoms with van der Waals surface area (Å²) in [4.78, 5) is 15.8. The average Bonchev–Trinajstić information content (AvgIpc) is 2.39. The second kappa shape index (κ2) is 5.82. The molecule has 1 heterocycles. The summed E-state index contributed by atoms with van der Waals surface area (Å²) in [7, 11) is 0. The van der Waals surface area contributed by atoms with Crippen LogP contribution in [0.2, 0.25) is 0 Å². The number of phenols is 1. The van der Waals surface area contributed by atoms with Crippen LogP contribution in [-0.4, -0.2) is 15.9 Å². The highest BCUT2D eigenvalue weighted by Gasteiger charge is 2.02. The number of aromatic nitrogens is 1. The zero-order chi connectivity index (χ0) is 13.7. The predicted molar refractivity (Wildman–Crippen MR) is 74.1 cm³/mol. The van der Waals surface area contributed by atoms with E-state index in [1.165, 1.54) is 6.08 Å². The second-order valence-corrected chi connectivity index (χ2v) is 4.10. The van der Waals surface area contributed by atoms with Crippen LogP contribution in [0.25, 0.3) is 0 Å². The number of phenolic OH excluding ortho intramolecular Hbond substituents is 1. The molecule has 1 aromatic carbocycles. The summed E-state index contributed by atoms with van der Waals surface area (Å²) in [6.45, 7) is 1.79. The molecular formula is C15H14N2O2. The van der Waals surface area contributed by atoms with E-state index < -0.39 is 0 Å². The number of rotatable bonds is 4. The van der Waals surface area contributed by atoms with Crippen molar-refractivity contribution in [2.45, 2.75) is 6.92 Å². The lowest BCUT2D eigenvalue weighted by Crippen LogP contribution is -2.01. The maximum Gasteiger partial charge on any atom is 0.187 e. The van der Waals surface area contributed by atoms with E-state index in [1.807, 2.05) is 6.07 Å². The van der Waals surface area contributed by atoms with Crippen LogP contribution >= 0.6 is 0 Å². The van der Waals surface area contributed by atoms with E-state index in [0.29, 0.717) is 11.3 Å². The molecule has 2 N–H and O–H groups in total. The maximum atomic E-state index is 11.9. The number of carbonyl (C=O) groups excluding carboxylic acids is 1. The van der Waals surface area contributed by atoms with Gasteiger partial charge in [-0.15, -0.1) is 0 Å². The van der Waals surface area contributed by atoms with Crippen LogP contribution in [0.15, 0.2) is 60.6 Å². The highest BCUT2D eigenvalue weighted by atomic mass is 16.3. The summed E-state index contributed by atoms with van der Waals surface area (Å²) in [5.74, 6) is 0.0887. The molecule has 0 fully saturated rings. The molecule has 0 aliphatic rings. The lowest BCUT2D eigenvalue weighted by molar-refractivity contribution is 0.104. The fraction of sp³-hybridized carbons (Fsp3) is 0.0667. The number of hydrogen-bond donors (Lipinski definition) is 2. The van der Waals surface area contributed by atoms with E-state index in [2.05, 4.69) is 10.3 Å². The number of hydrogen-bond acceptors (Lipinski definition) is 4. The third kappa shape index (κ3) is 3.67. The van der Waals surface area contributed by atoms with Gasteiger partial charge in [-0.3, -0.25) is 9.78 Å². The summed E-state index contributed by atoms with van der Waals surface area (Å²) < 4.78 is 0. The first kappa shape index (κ1) is 12.8. The summed E-state index contributed by atoms with van der Waals surface area (Å²) in [5, 5.41) is 12.4. The van der Waals surface area contributed by atoms with E-state index in [9.17, 15) is 9.90 Å².